The van der Waals surface area contributed by atoms with Crippen molar-refractivity contribution in [2.24, 2.45) is 0 Å². The number of benzene rings is 2. The minimum atomic E-state index is -0.448. The van der Waals surface area contributed by atoms with Gasteiger partial charge in [-0.2, -0.15) is 0 Å². The number of carbonyl (C=O) groups is 1. The summed E-state index contributed by atoms with van der Waals surface area (Å²) in [5.74, 6) is -0.0415. The van der Waals surface area contributed by atoms with Gasteiger partial charge in [0.05, 0.1) is 6.61 Å². The molecule has 0 saturated heterocycles. The van der Waals surface area contributed by atoms with Crippen molar-refractivity contribution in [3.63, 3.8) is 0 Å². The fraction of sp³-hybridized carbons (Fsp3) is 0.381. The molecule has 0 unspecified atom stereocenters. The number of hydrogen-bond donors (Lipinski definition) is 1. The lowest BCUT2D eigenvalue weighted by Gasteiger charge is -2.24. The van der Waals surface area contributed by atoms with Gasteiger partial charge in [-0.1, -0.05) is 37.3 Å². The van der Waals surface area contributed by atoms with Crippen LogP contribution < -0.4 is 4.74 Å². The van der Waals surface area contributed by atoms with E-state index in [1.807, 2.05) is 44.1 Å². The predicted octanol–water partition coefficient (Wildman–Crippen LogP) is 3.51. The Labute approximate surface area is 155 Å². The molecule has 0 aliphatic carbocycles. The highest BCUT2D eigenvalue weighted by molar-refractivity contribution is 5.92. The molecular weight excluding hydrogens is 330 g/mol. The second kappa shape index (κ2) is 9.82. The highest BCUT2D eigenvalue weighted by Gasteiger charge is 2.19. The summed E-state index contributed by atoms with van der Waals surface area (Å²) in [5.41, 5.74) is 1.52. The Morgan fingerprint density at radius 3 is 2.54 bits per heavy atom. The number of nitrogens with zero attached hydrogens (tertiary/aromatic N) is 1. The van der Waals surface area contributed by atoms with Crippen LogP contribution >= 0.6 is 0 Å². The first-order chi connectivity index (χ1) is 12.5. The van der Waals surface area contributed by atoms with Crippen LogP contribution in [0.4, 0.5) is 0 Å². The van der Waals surface area contributed by atoms with Gasteiger partial charge in [-0.25, -0.2) is 4.79 Å². The third-order valence-electron chi connectivity index (χ3n) is 4.10. The number of phenols is 1. The number of aromatic hydroxyl groups is 1. The largest absolute Gasteiger partial charge is 0.508 e. The van der Waals surface area contributed by atoms with E-state index in [2.05, 4.69) is 12.1 Å². The molecule has 1 N–H and O–H groups in total. The quantitative estimate of drug-likeness (QED) is 0.696. The number of rotatable bonds is 9. The third kappa shape index (κ3) is 5.77. The summed E-state index contributed by atoms with van der Waals surface area (Å²) < 4.78 is 11.1. The summed E-state index contributed by atoms with van der Waals surface area (Å²) in [7, 11) is 3.94. The molecule has 0 aromatic heterocycles. The van der Waals surface area contributed by atoms with Gasteiger partial charge in [0, 0.05) is 12.1 Å². The molecular formula is C21H27NO4. The molecule has 0 heterocycles. The molecule has 2 rings (SSSR count). The maximum Gasteiger partial charge on any atom is 0.341 e. The van der Waals surface area contributed by atoms with Crippen LogP contribution in [0.2, 0.25) is 0 Å². The van der Waals surface area contributed by atoms with Gasteiger partial charge in [-0.15, -0.1) is 0 Å². The van der Waals surface area contributed by atoms with E-state index in [1.54, 1.807) is 0 Å². The molecule has 26 heavy (non-hydrogen) atoms. The molecule has 0 fully saturated rings. The molecule has 0 radical (unpaired) electrons. The predicted molar refractivity (Wildman–Crippen MR) is 102 cm³/mol. The highest BCUT2D eigenvalue weighted by Crippen LogP contribution is 2.25. The van der Waals surface area contributed by atoms with Crippen molar-refractivity contribution in [2.75, 3.05) is 27.3 Å². The Morgan fingerprint density at radius 1 is 1.15 bits per heavy atom. The molecule has 0 saturated carbocycles. The molecule has 0 bridgehead atoms. The summed E-state index contributed by atoms with van der Waals surface area (Å²) in [6, 6.07) is 14.6. The highest BCUT2D eigenvalue weighted by atomic mass is 16.5. The van der Waals surface area contributed by atoms with Crippen molar-refractivity contribution in [1.29, 1.82) is 0 Å². The first kappa shape index (κ1) is 19.8. The molecule has 0 aliphatic heterocycles. The van der Waals surface area contributed by atoms with Gasteiger partial charge in [-0.05, 0) is 44.6 Å². The Bertz CT molecular complexity index is 700. The normalized spacial score (nSPS) is 12.0. The zero-order valence-electron chi connectivity index (χ0n) is 15.6. The fourth-order valence-corrected chi connectivity index (χ4v) is 2.54. The lowest BCUT2D eigenvalue weighted by Crippen LogP contribution is -2.35. The Hall–Kier alpha value is -2.53. The first-order valence-corrected chi connectivity index (χ1v) is 8.84. The van der Waals surface area contributed by atoms with Crippen molar-refractivity contribution in [1.82, 2.24) is 4.90 Å². The van der Waals surface area contributed by atoms with Gasteiger partial charge in [0.1, 0.15) is 23.7 Å². The van der Waals surface area contributed by atoms with Crippen LogP contribution in [0.3, 0.4) is 0 Å². The monoisotopic (exact) mass is 357 g/mol. The summed E-state index contributed by atoms with van der Waals surface area (Å²) in [4.78, 5) is 14.6. The molecule has 1 atom stereocenters. The van der Waals surface area contributed by atoms with E-state index < -0.39 is 5.97 Å². The zero-order chi connectivity index (χ0) is 18.9. The third-order valence-corrected chi connectivity index (χ3v) is 4.10. The van der Waals surface area contributed by atoms with Crippen molar-refractivity contribution < 1.29 is 19.4 Å². The van der Waals surface area contributed by atoms with Crippen LogP contribution in [0.15, 0.2) is 48.5 Å². The SMILES string of the molecule is CCCOc1cc(O)ccc1C(=O)OC[C@H](Cc1ccccc1)N(C)C. The van der Waals surface area contributed by atoms with Crippen LogP contribution in [0.25, 0.3) is 0 Å². The van der Waals surface area contributed by atoms with Crippen molar-refractivity contribution in [3.05, 3.63) is 59.7 Å². The number of likely N-dealkylation sites (N-methyl/N-ethyl adjacent to an activating group) is 1. The second-order valence-electron chi connectivity index (χ2n) is 6.43. The van der Waals surface area contributed by atoms with Gasteiger partial charge in [0.2, 0.25) is 0 Å². The van der Waals surface area contributed by atoms with Gasteiger partial charge in [0.25, 0.3) is 0 Å². The van der Waals surface area contributed by atoms with Crippen molar-refractivity contribution in [3.8, 4) is 11.5 Å². The maximum absolute atomic E-state index is 12.5. The molecule has 140 valence electrons. The molecule has 0 amide bonds. The average Bonchev–Trinajstić information content (AvgIpc) is 2.63. The molecule has 0 aliphatic rings. The molecule has 2 aromatic rings. The molecule has 0 spiro atoms. The lowest BCUT2D eigenvalue weighted by atomic mass is 10.1. The van der Waals surface area contributed by atoms with E-state index in [0.717, 1.165) is 12.8 Å². The first-order valence-electron chi connectivity index (χ1n) is 8.84. The van der Waals surface area contributed by atoms with E-state index in [4.69, 9.17) is 9.47 Å². The smallest absolute Gasteiger partial charge is 0.341 e. The zero-order valence-corrected chi connectivity index (χ0v) is 15.6. The van der Waals surface area contributed by atoms with E-state index in [-0.39, 0.29) is 18.4 Å². The van der Waals surface area contributed by atoms with Crippen molar-refractivity contribution >= 4 is 5.97 Å². The van der Waals surface area contributed by atoms with Gasteiger partial charge >= 0.3 is 5.97 Å². The molecule has 5 nitrogen and oxygen atoms in total. The van der Waals surface area contributed by atoms with E-state index in [0.29, 0.717) is 17.9 Å². The molecule has 2 aromatic carbocycles. The van der Waals surface area contributed by atoms with E-state index >= 15 is 0 Å². The summed E-state index contributed by atoms with van der Waals surface area (Å²) >= 11 is 0. The second-order valence-corrected chi connectivity index (χ2v) is 6.43. The van der Waals surface area contributed by atoms with Crippen LogP contribution in [0.1, 0.15) is 29.3 Å². The van der Waals surface area contributed by atoms with Crippen LogP contribution in [0, 0.1) is 0 Å². The number of phenolic OH excluding ortho intramolecular Hbond substituents is 1. The standard InChI is InChI=1S/C21H27NO4/c1-4-12-25-20-14-18(23)10-11-19(20)21(24)26-15-17(22(2)3)13-16-8-6-5-7-9-16/h5-11,14,17,23H,4,12-13,15H2,1-3H3/t17-/m0/s1. The molecule has 5 heteroatoms. The minimum Gasteiger partial charge on any atom is -0.508 e. The van der Waals surface area contributed by atoms with Crippen LogP contribution in [0.5, 0.6) is 11.5 Å². The summed E-state index contributed by atoms with van der Waals surface area (Å²) in [6.45, 7) is 2.72. The van der Waals surface area contributed by atoms with Gasteiger partial charge in [0.15, 0.2) is 0 Å². The van der Waals surface area contributed by atoms with Gasteiger partial charge < -0.3 is 19.5 Å². The fourth-order valence-electron chi connectivity index (χ4n) is 2.54. The Kier molecular flexibility index (Phi) is 7.48. The lowest BCUT2D eigenvalue weighted by molar-refractivity contribution is 0.0396. The number of esters is 1. The van der Waals surface area contributed by atoms with E-state index in [9.17, 15) is 9.90 Å². The summed E-state index contributed by atoms with van der Waals surface area (Å²) in [6.07, 6.45) is 1.60. The number of carbonyl (C=O) groups excluding carboxylic acids is 1. The van der Waals surface area contributed by atoms with Crippen LogP contribution in [-0.2, 0) is 11.2 Å². The van der Waals surface area contributed by atoms with E-state index in [1.165, 1.54) is 23.8 Å². The van der Waals surface area contributed by atoms with Gasteiger partial charge in [-0.3, -0.25) is 0 Å². The summed E-state index contributed by atoms with van der Waals surface area (Å²) in [5, 5.41) is 9.63. The Balaban J connectivity index is 2.03. The van der Waals surface area contributed by atoms with Crippen molar-refractivity contribution in [2.45, 2.75) is 25.8 Å². The number of ether oxygens (including phenoxy) is 2. The Morgan fingerprint density at radius 2 is 1.88 bits per heavy atom. The maximum atomic E-state index is 12.5. The minimum absolute atomic E-state index is 0.0582. The number of hydrogen-bond acceptors (Lipinski definition) is 5. The average molecular weight is 357 g/mol. The van der Waals surface area contributed by atoms with Crippen LogP contribution in [-0.4, -0.2) is 49.3 Å². The topological polar surface area (TPSA) is 59.0 Å².